The summed E-state index contributed by atoms with van der Waals surface area (Å²) >= 11 is 0. The Morgan fingerprint density at radius 3 is 2.44 bits per heavy atom. The molecule has 0 unspecified atom stereocenters. The van der Waals surface area contributed by atoms with Crippen molar-refractivity contribution >= 4 is 15.6 Å². The fourth-order valence-electron chi connectivity index (χ4n) is 1.47. The van der Waals surface area contributed by atoms with E-state index < -0.39 is 9.84 Å². The third kappa shape index (κ3) is 3.45. The van der Waals surface area contributed by atoms with Crippen LogP contribution in [-0.4, -0.2) is 26.2 Å². The van der Waals surface area contributed by atoms with Crippen LogP contribution in [0.15, 0.2) is 18.2 Å². The fourth-order valence-corrected chi connectivity index (χ4v) is 2.02. The topological polar surface area (TPSA) is 51.2 Å². The summed E-state index contributed by atoms with van der Waals surface area (Å²) in [6.45, 7) is 3.81. The van der Waals surface area contributed by atoms with E-state index >= 15 is 0 Å². The smallest absolute Gasteiger partial charge is 0.164 e. The van der Waals surface area contributed by atoms with Crippen LogP contribution < -0.4 is 0 Å². The van der Waals surface area contributed by atoms with Crippen molar-refractivity contribution in [2.24, 2.45) is 0 Å². The highest BCUT2D eigenvalue weighted by atomic mass is 32.2. The molecule has 0 aliphatic heterocycles. The Morgan fingerprint density at radius 1 is 1.25 bits per heavy atom. The Balaban J connectivity index is 2.86. The molecule has 0 bridgehead atoms. The average Bonchev–Trinajstić information content (AvgIpc) is 2.17. The van der Waals surface area contributed by atoms with Gasteiger partial charge in [-0.2, -0.15) is 0 Å². The largest absolute Gasteiger partial charge is 0.294 e. The van der Waals surface area contributed by atoms with Crippen molar-refractivity contribution in [3.8, 4) is 0 Å². The van der Waals surface area contributed by atoms with Crippen molar-refractivity contribution in [1.29, 1.82) is 0 Å². The normalized spacial score (nSPS) is 11.4. The second-order valence-corrected chi connectivity index (χ2v) is 6.31. The first-order valence-electron chi connectivity index (χ1n) is 5.08. The van der Waals surface area contributed by atoms with E-state index in [2.05, 4.69) is 0 Å². The molecule has 0 aliphatic rings. The minimum atomic E-state index is -3.07. The lowest BCUT2D eigenvalue weighted by Crippen LogP contribution is -2.10. The van der Waals surface area contributed by atoms with Crippen LogP contribution in [0.25, 0.3) is 0 Å². The third-order valence-electron chi connectivity index (χ3n) is 2.60. The molecule has 1 aromatic carbocycles. The number of rotatable bonds is 4. The van der Waals surface area contributed by atoms with Gasteiger partial charge >= 0.3 is 0 Å². The molecule has 3 nitrogen and oxygen atoms in total. The molecule has 0 aliphatic carbocycles. The molecule has 88 valence electrons. The van der Waals surface area contributed by atoms with Crippen LogP contribution in [0.5, 0.6) is 0 Å². The van der Waals surface area contributed by atoms with Crippen LogP contribution in [0, 0.1) is 13.8 Å². The SMILES string of the molecule is Cc1cccc(C(=O)CCS(C)(=O)=O)c1C. The van der Waals surface area contributed by atoms with Crippen LogP contribution in [0.4, 0.5) is 0 Å². The van der Waals surface area contributed by atoms with Gasteiger partial charge in [-0.25, -0.2) is 8.42 Å². The summed E-state index contributed by atoms with van der Waals surface area (Å²) in [4.78, 5) is 11.8. The molecule has 4 heteroatoms. The predicted molar refractivity (Wildman–Crippen MR) is 64.6 cm³/mol. The lowest BCUT2D eigenvalue weighted by molar-refractivity contribution is 0.0988. The van der Waals surface area contributed by atoms with E-state index in [1.54, 1.807) is 6.07 Å². The van der Waals surface area contributed by atoms with Crippen LogP contribution in [0.2, 0.25) is 0 Å². The van der Waals surface area contributed by atoms with E-state index in [1.165, 1.54) is 0 Å². The van der Waals surface area contributed by atoms with Crippen molar-refractivity contribution in [2.45, 2.75) is 20.3 Å². The number of sulfone groups is 1. The molecule has 0 aromatic heterocycles. The van der Waals surface area contributed by atoms with Crippen molar-refractivity contribution in [3.05, 3.63) is 34.9 Å². The number of carbonyl (C=O) groups excluding carboxylic acids is 1. The summed E-state index contributed by atoms with van der Waals surface area (Å²) in [5.74, 6) is -0.189. The highest BCUT2D eigenvalue weighted by Crippen LogP contribution is 2.14. The quantitative estimate of drug-likeness (QED) is 0.755. The molecular weight excluding hydrogens is 224 g/mol. The Kier molecular flexibility index (Phi) is 3.86. The number of benzene rings is 1. The minimum Gasteiger partial charge on any atom is -0.294 e. The van der Waals surface area contributed by atoms with E-state index in [4.69, 9.17) is 0 Å². The molecule has 0 heterocycles. The number of hydrogen-bond acceptors (Lipinski definition) is 3. The summed E-state index contributed by atoms with van der Waals surface area (Å²) in [6, 6.07) is 5.49. The van der Waals surface area contributed by atoms with Crippen LogP contribution in [0.3, 0.4) is 0 Å². The summed E-state index contributed by atoms with van der Waals surface area (Å²) < 4.78 is 21.9. The summed E-state index contributed by atoms with van der Waals surface area (Å²) in [7, 11) is -3.07. The van der Waals surface area contributed by atoms with E-state index in [0.29, 0.717) is 5.56 Å². The van der Waals surface area contributed by atoms with Crippen LogP contribution in [0.1, 0.15) is 27.9 Å². The number of ketones is 1. The molecule has 0 fully saturated rings. The van der Waals surface area contributed by atoms with Crippen molar-refractivity contribution in [1.82, 2.24) is 0 Å². The van der Waals surface area contributed by atoms with Crippen LogP contribution in [-0.2, 0) is 9.84 Å². The highest BCUT2D eigenvalue weighted by molar-refractivity contribution is 7.90. The summed E-state index contributed by atoms with van der Waals surface area (Å²) in [5, 5.41) is 0. The lowest BCUT2D eigenvalue weighted by Gasteiger charge is -2.06. The molecular formula is C12H16O3S. The minimum absolute atomic E-state index is 0.0587. The zero-order valence-electron chi connectivity index (χ0n) is 9.78. The van der Waals surface area contributed by atoms with Gasteiger partial charge in [0.1, 0.15) is 9.84 Å². The number of hydrogen-bond donors (Lipinski definition) is 0. The summed E-state index contributed by atoms with van der Waals surface area (Å²) in [6.07, 6.45) is 1.20. The first kappa shape index (κ1) is 12.9. The Labute approximate surface area is 96.4 Å². The van der Waals surface area contributed by atoms with Crippen LogP contribution >= 0.6 is 0 Å². The number of Topliss-reactive ketones (excluding diaryl/α,β-unsaturated/α-hetero) is 1. The van der Waals surface area contributed by atoms with Gasteiger partial charge in [-0.3, -0.25) is 4.79 Å². The maximum absolute atomic E-state index is 11.8. The van der Waals surface area contributed by atoms with Gasteiger partial charge in [0.05, 0.1) is 5.75 Å². The molecule has 16 heavy (non-hydrogen) atoms. The maximum atomic E-state index is 11.8. The van der Waals surface area contributed by atoms with E-state index in [9.17, 15) is 13.2 Å². The zero-order valence-corrected chi connectivity index (χ0v) is 10.6. The monoisotopic (exact) mass is 240 g/mol. The first-order valence-corrected chi connectivity index (χ1v) is 7.14. The van der Waals surface area contributed by atoms with E-state index in [1.807, 2.05) is 26.0 Å². The van der Waals surface area contributed by atoms with Gasteiger partial charge in [0, 0.05) is 18.2 Å². The van der Waals surface area contributed by atoms with Gasteiger partial charge in [0.2, 0.25) is 0 Å². The van der Waals surface area contributed by atoms with Crippen molar-refractivity contribution < 1.29 is 13.2 Å². The second kappa shape index (κ2) is 4.78. The molecule has 1 rings (SSSR count). The molecule has 0 atom stereocenters. The molecule has 0 spiro atoms. The first-order chi connectivity index (χ1) is 7.31. The van der Waals surface area contributed by atoms with Crippen molar-refractivity contribution in [2.75, 3.05) is 12.0 Å². The number of aryl methyl sites for hydroxylation is 1. The molecule has 0 radical (unpaired) electrons. The molecule has 0 saturated heterocycles. The Bertz CT molecular complexity index is 501. The standard InChI is InChI=1S/C12H16O3S/c1-9-5-4-6-11(10(9)2)12(13)7-8-16(3,14)15/h4-6H,7-8H2,1-3H3. The second-order valence-electron chi connectivity index (χ2n) is 4.05. The van der Waals surface area contributed by atoms with Gasteiger partial charge in [-0.1, -0.05) is 18.2 Å². The van der Waals surface area contributed by atoms with Gasteiger partial charge in [0.25, 0.3) is 0 Å². The molecule has 0 N–H and O–H groups in total. The zero-order chi connectivity index (χ0) is 12.3. The van der Waals surface area contributed by atoms with E-state index in [0.717, 1.165) is 17.4 Å². The summed E-state index contributed by atoms with van der Waals surface area (Å²) in [5.41, 5.74) is 2.61. The predicted octanol–water partition coefficient (Wildman–Crippen LogP) is 1.92. The van der Waals surface area contributed by atoms with Gasteiger partial charge in [0.15, 0.2) is 5.78 Å². The van der Waals surface area contributed by atoms with E-state index in [-0.39, 0.29) is 18.0 Å². The molecule has 0 amide bonds. The lowest BCUT2D eigenvalue weighted by atomic mass is 9.99. The molecule has 1 aromatic rings. The Hall–Kier alpha value is -1.16. The fraction of sp³-hybridized carbons (Fsp3) is 0.417. The Morgan fingerprint density at radius 2 is 1.88 bits per heavy atom. The highest BCUT2D eigenvalue weighted by Gasteiger charge is 2.12. The maximum Gasteiger partial charge on any atom is 0.164 e. The number of carbonyl (C=O) groups is 1. The van der Waals surface area contributed by atoms with Crippen molar-refractivity contribution in [3.63, 3.8) is 0 Å². The molecule has 0 saturated carbocycles. The van der Waals surface area contributed by atoms with Gasteiger partial charge in [-0.15, -0.1) is 0 Å². The van der Waals surface area contributed by atoms with Gasteiger partial charge in [-0.05, 0) is 25.0 Å². The third-order valence-corrected chi connectivity index (χ3v) is 3.55. The van der Waals surface area contributed by atoms with Gasteiger partial charge < -0.3 is 0 Å². The average molecular weight is 240 g/mol.